The summed E-state index contributed by atoms with van der Waals surface area (Å²) in [5.41, 5.74) is -0.928. The molecule has 13 nitrogen and oxygen atoms in total. The van der Waals surface area contributed by atoms with E-state index in [0.717, 1.165) is 4.57 Å². The minimum Gasteiger partial charge on any atom is -0.344 e. The molecule has 16 heteroatoms. The molecule has 1 aliphatic rings. The Hall–Kier alpha value is -0.810. The maximum Gasteiger partial charge on any atom is 0.479 e. The van der Waals surface area contributed by atoms with E-state index in [1.165, 1.54) is 25.3 Å². The van der Waals surface area contributed by atoms with Crippen LogP contribution in [0.2, 0.25) is 0 Å². The molecular weight excluding hydrogens is 417 g/mol. The summed E-state index contributed by atoms with van der Waals surface area (Å²) in [7, 11) is -10.8. The van der Waals surface area contributed by atoms with Crippen LogP contribution in [0.4, 0.5) is 0 Å². The number of ether oxygens (including phenoxy) is 1. The van der Waals surface area contributed by atoms with Crippen molar-refractivity contribution in [3.05, 3.63) is 44.8 Å². The summed E-state index contributed by atoms with van der Waals surface area (Å²) in [6, 6.07) is 0. The van der Waals surface area contributed by atoms with Crippen LogP contribution in [-0.2, 0) is 22.4 Å². The molecule has 26 heavy (non-hydrogen) atoms. The summed E-state index contributed by atoms with van der Waals surface area (Å²) in [5, 5.41) is 0. The van der Waals surface area contributed by atoms with Gasteiger partial charge < -0.3 is 24.3 Å². The zero-order valence-corrected chi connectivity index (χ0v) is 15.7. The Morgan fingerprint density at radius 1 is 1.35 bits per heavy atom. The van der Waals surface area contributed by atoms with Crippen molar-refractivity contribution in [2.45, 2.75) is 19.3 Å². The van der Waals surface area contributed by atoms with Gasteiger partial charge in [0.05, 0.1) is 6.61 Å². The smallest absolute Gasteiger partial charge is 0.344 e. The fraction of sp³-hybridized carbons (Fsp3) is 0.400. The third-order valence-electron chi connectivity index (χ3n) is 2.94. The van der Waals surface area contributed by atoms with Gasteiger partial charge in [-0.15, -0.1) is 0 Å². The van der Waals surface area contributed by atoms with Crippen LogP contribution in [0.5, 0.6) is 0 Å². The number of H-pyrrole nitrogens is 1. The summed E-state index contributed by atoms with van der Waals surface area (Å²) in [4.78, 5) is 60.8. The van der Waals surface area contributed by atoms with Gasteiger partial charge in [0.1, 0.15) is 6.10 Å². The Kier molecular flexibility index (Phi) is 7.37. The zero-order valence-electron chi connectivity index (χ0n) is 13.0. The highest BCUT2D eigenvalue weighted by Crippen LogP contribution is 2.59. The number of aryl methyl sites for hydroxylation is 1. The van der Waals surface area contributed by atoms with Gasteiger partial charge in [0.25, 0.3) is 5.56 Å². The number of hydrogen-bond donors (Lipinski definition) is 5. The average Bonchev–Trinajstić information content (AvgIpc) is 2.96. The maximum absolute atomic E-state index is 11.8. The van der Waals surface area contributed by atoms with Crippen LogP contribution in [0, 0.1) is 6.92 Å². The van der Waals surface area contributed by atoms with Crippen LogP contribution >= 0.6 is 25.0 Å². The fourth-order valence-electron chi connectivity index (χ4n) is 1.87. The van der Waals surface area contributed by atoms with Crippen molar-refractivity contribution in [3.8, 4) is 0 Å². The Balaban J connectivity index is 1.91. The van der Waals surface area contributed by atoms with E-state index in [0.29, 0.717) is 5.56 Å². The van der Waals surface area contributed by atoms with Gasteiger partial charge in [-0.05, 0) is 13.0 Å². The predicted molar refractivity (Wildman–Crippen MR) is 87.6 cm³/mol. The topological polar surface area (TPSA) is 190 Å². The second kappa shape index (κ2) is 8.92. The first-order chi connectivity index (χ1) is 12.1. The monoisotopic (exact) mass is 432 g/mol. The molecular formula is C10H15N2O11P3. The van der Waals surface area contributed by atoms with Crippen LogP contribution in [0.15, 0.2) is 27.9 Å². The Morgan fingerprint density at radius 3 is 2.69 bits per heavy atom. The highest BCUT2D eigenvalue weighted by atomic mass is 31.3. The second-order valence-corrected chi connectivity index (χ2v) is 8.33. The quantitative estimate of drug-likeness (QED) is 0.272. The standard InChI is InChI=1S/C10H15N2O11P3/c1-6-4-12(10(14)11-9(6)13)8-3-2-7(21-8)5-20-26(18,19)23-25(17)22-24(15)16/h2-4,7-8,15-17H,5H2,1H3,(H,18,19)(H,11,13,14). The highest BCUT2D eigenvalue weighted by molar-refractivity contribution is 7.62. The Bertz CT molecular complexity index is 821. The molecule has 0 bridgehead atoms. The molecule has 0 saturated carbocycles. The number of phosphoric acid groups is 1. The van der Waals surface area contributed by atoms with Gasteiger partial charge in [-0.1, -0.05) is 6.08 Å². The Labute approximate surface area is 148 Å². The lowest BCUT2D eigenvalue weighted by atomic mass is 10.3. The first-order valence-electron chi connectivity index (χ1n) is 6.75. The number of phosphoric ester groups is 1. The molecule has 1 aromatic rings. The lowest BCUT2D eigenvalue weighted by Gasteiger charge is -2.18. The molecule has 2 rings (SSSR count). The van der Waals surface area contributed by atoms with Gasteiger partial charge in [-0.2, -0.15) is 0 Å². The van der Waals surface area contributed by atoms with E-state index in [2.05, 4.69) is 18.1 Å². The van der Waals surface area contributed by atoms with E-state index in [4.69, 9.17) is 19.4 Å². The number of rotatable bonds is 8. The van der Waals surface area contributed by atoms with Crippen LogP contribution in [0.3, 0.4) is 0 Å². The third-order valence-corrected chi connectivity index (χ3v) is 5.95. The summed E-state index contributed by atoms with van der Waals surface area (Å²) >= 11 is 0. The van der Waals surface area contributed by atoms with E-state index < -0.39 is 55.2 Å². The summed E-state index contributed by atoms with van der Waals surface area (Å²) in [6.45, 7) is 1.03. The fourth-order valence-corrected chi connectivity index (χ4v) is 3.99. The number of aromatic amines is 1. The van der Waals surface area contributed by atoms with Gasteiger partial charge in [-0.3, -0.25) is 18.9 Å². The number of aromatic nitrogens is 2. The Morgan fingerprint density at radius 2 is 2.04 bits per heavy atom. The summed E-state index contributed by atoms with van der Waals surface area (Å²) in [5.74, 6) is 0. The summed E-state index contributed by atoms with van der Waals surface area (Å²) in [6.07, 6.45) is 2.54. The van der Waals surface area contributed by atoms with Gasteiger partial charge in [0.15, 0.2) is 6.23 Å². The maximum atomic E-state index is 11.8. The molecule has 4 atom stereocenters. The van der Waals surface area contributed by atoms with Gasteiger partial charge in [0.2, 0.25) is 0 Å². The molecule has 5 N–H and O–H groups in total. The predicted octanol–water partition coefficient (Wildman–Crippen LogP) is -0.120. The minimum absolute atomic E-state index is 0.290. The second-order valence-electron chi connectivity index (χ2n) is 4.85. The molecule has 0 saturated heterocycles. The van der Waals surface area contributed by atoms with Gasteiger partial charge in [-0.25, -0.2) is 18.0 Å². The molecule has 0 fully saturated rings. The lowest BCUT2D eigenvalue weighted by Crippen LogP contribution is -2.33. The largest absolute Gasteiger partial charge is 0.479 e. The number of nitrogens with one attached hydrogen (secondary N) is 1. The van der Waals surface area contributed by atoms with E-state index in [1.54, 1.807) is 0 Å². The lowest BCUT2D eigenvalue weighted by molar-refractivity contribution is -0.0101. The average molecular weight is 432 g/mol. The molecule has 0 aliphatic carbocycles. The molecule has 146 valence electrons. The molecule has 1 aromatic heterocycles. The summed E-state index contributed by atoms with van der Waals surface area (Å²) < 4.78 is 31.0. The van der Waals surface area contributed by atoms with Crippen molar-refractivity contribution in [1.29, 1.82) is 0 Å². The SMILES string of the molecule is Cc1cn(C2C=CC(COP(=O)(O)OP(O)OP(O)O)O2)c(=O)[nH]c1=O. The van der Waals surface area contributed by atoms with Crippen molar-refractivity contribution < 1.29 is 42.0 Å². The molecule has 4 unspecified atom stereocenters. The van der Waals surface area contributed by atoms with Crippen LogP contribution in [-0.4, -0.2) is 41.8 Å². The van der Waals surface area contributed by atoms with E-state index in [1.807, 2.05) is 0 Å². The molecule has 0 amide bonds. The molecule has 2 heterocycles. The highest BCUT2D eigenvalue weighted by Gasteiger charge is 2.31. The van der Waals surface area contributed by atoms with Crippen LogP contribution in [0.25, 0.3) is 0 Å². The third kappa shape index (κ3) is 6.12. The van der Waals surface area contributed by atoms with Crippen LogP contribution < -0.4 is 11.2 Å². The zero-order chi connectivity index (χ0) is 19.5. The van der Waals surface area contributed by atoms with Crippen molar-refractivity contribution in [2.75, 3.05) is 6.61 Å². The molecule has 0 spiro atoms. The van der Waals surface area contributed by atoms with Crippen molar-refractivity contribution >= 4 is 25.0 Å². The van der Waals surface area contributed by atoms with Crippen LogP contribution in [0.1, 0.15) is 11.8 Å². The van der Waals surface area contributed by atoms with Gasteiger partial charge in [0, 0.05) is 11.8 Å². The number of nitrogens with zero attached hydrogens (tertiary/aromatic N) is 1. The minimum atomic E-state index is -4.76. The molecule has 0 aromatic carbocycles. The van der Waals surface area contributed by atoms with Crippen molar-refractivity contribution in [1.82, 2.24) is 9.55 Å². The first kappa shape index (κ1) is 21.5. The van der Waals surface area contributed by atoms with E-state index in [9.17, 15) is 19.0 Å². The van der Waals surface area contributed by atoms with E-state index >= 15 is 0 Å². The van der Waals surface area contributed by atoms with Crippen molar-refractivity contribution in [3.63, 3.8) is 0 Å². The normalized spacial score (nSPS) is 23.3. The van der Waals surface area contributed by atoms with Gasteiger partial charge >= 0.3 is 30.7 Å². The first-order valence-corrected chi connectivity index (χ1v) is 10.5. The number of hydrogen-bond acceptors (Lipinski definition) is 10. The van der Waals surface area contributed by atoms with E-state index in [-0.39, 0.29) is 0 Å². The molecule has 1 aliphatic heterocycles. The molecule has 0 radical (unpaired) electrons. The van der Waals surface area contributed by atoms with Crippen molar-refractivity contribution in [2.24, 2.45) is 0 Å².